The number of nitrogens with one attached hydrogen (secondary N) is 1. The zero-order chi connectivity index (χ0) is 18.3. The SMILES string of the molecule is O=C1CCc2cc(S(=O)(=O)N3CCSC3c3cccc(Cl)c3)ccc2N1. The number of hydrogen-bond acceptors (Lipinski definition) is 4. The van der Waals surface area contributed by atoms with Crippen LogP contribution in [0.5, 0.6) is 0 Å². The first-order valence-corrected chi connectivity index (χ1v) is 11.1. The number of carbonyl (C=O) groups excluding carboxylic acids is 1. The standard InChI is InChI=1S/C18H17ClN2O3S2/c19-14-3-1-2-13(10-14)18-21(8-9-25-18)26(23,24)15-5-6-16-12(11-15)4-7-17(22)20-16/h1-3,5-6,10-11,18H,4,7-9H2,(H,20,22). The van der Waals surface area contributed by atoms with E-state index < -0.39 is 10.0 Å². The van der Waals surface area contributed by atoms with E-state index in [2.05, 4.69) is 5.32 Å². The van der Waals surface area contributed by atoms with E-state index in [4.69, 9.17) is 11.6 Å². The molecule has 1 saturated heterocycles. The van der Waals surface area contributed by atoms with Crippen LogP contribution in [0.4, 0.5) is 5.69 Å². The highest BCUT2D eigenvalue weighted by atomic mass is 35.5. The minimum Gasteiger partial charge on any atom is -0.326 e. The molecule has 2 heterocycles. The Morgan fingerprint density at radius 2 is 2.00 bits per heavy atom. The maximum atomic E-state index is 13.2. The van der Waals surface area contributed by atoms with Gasteiger partial charge in [0.1, 0.15) is 0 Å². The first kappa shape index (κ1) is 17.9. The van der Waals surface area contributed by atoms with Crippen molar-refractivity contribution in [3.8, 4) is 0 Å². The number of carbonyl (C=O) groups is 1. The number of thioether (sulfide) groups is 1. The molecule has 1 fully saturated rings. The second-order valence-electron chi connectivity index (χ2n) is 6.26. The number of aryl methyl sites for hydroxylation is 1. The van der Waals surface area contributed by atoms with Gasteiger partial charge in [-0.1, -0.05) is 23.7 Å². The van der Waals surface area contributed by atoms with Crippen LogP contribution < -0.4 is 5.32 Å². The number of sulfonamides is 1. The molecule has 26 heavy (non-hydrogen) atoms. The fourth-order valence-corrected chi connectivity index (χ4v) is 6.76. The molecule has 1 N–H and O–H groups in total. The Hall–Kier alpha value is -1.54. The van der Waals surface area contributed by atoms with E-state index in [0.29, 0.717) is 30.1 Å². The van der Waals surface area contributed by atoms with Crippen molar-refractivity contribution < 1.29 is 13.2 Å². The summed E-state index contributed by atoms with van der Waals surface area (Å²) in [4.78, 5) is 11.8. The third-order valence-electron chi connectivity index (χ3n) is 4.56. The number of amides is 1. The van der Waals surface area contributed by atoms with Crippen molar-refractivity contribution >= 4 is 45.0 Å². The minimum atomic E-state index is -3.64. The van der Waals surface area contributed by atoms with Crippen LogP contribution >= 0.6 is 23.4 Å². The number of halogens is 1. The topological polar surface area (TPSA) is 66.5 Å². The van der Waals surface area contributed by atoms with Gasteiger partial charge in [0.25, 0.3) is 0 Å². The molecule has 2 aromatic rings. The van der Waals surface area contributed by atoms with Gasteiger partial charge in [-0.15, -0.1) is 11.8 Å². The molecule has 0 saturated carbocycles. The number of hydrogen-bond donors (Lipinski definition) is 1. The molecule has 2 aromatic carbocycles. The third kappa shape index (κ3) is 3.24. The van der Waals surface area contributed by atoms with Gasteiger partial charge < -0.3 is 5.32 Å². The molecule has 136 valence electrons. The molecule has 0 radical (unpaired) electrons. The number of fused-ring (bicyclic) bond motifs is 1. The van der Waals surface area contributed by atoms with E-state index in [9.17, 15) is 13.2 Å². The largest absolute Gasteiger partial charge is 0.326 e. The molecule has 2 aliphatic rings. The summed E-state index contributed by atoms with van der Waals surface area (Å²) in [7, 11) is -3.64. The lowest BCUT2D eigenvalue weighted by molar-refractivity contribution is -0.116. The zero-order valence-electron chi connectivity index (χ0n) is 13.8. The molecule has 0 aromatic heterocycles. The molecule has 0 bridgehead atoms. The molecular weight excluding hydrogens is 392 g/mol. The molecule has 8 heteroatoms. The fraction of sp³-hybridized carbons (Fsp3) is 0.278. The molecular formula is C18H17ClN2O3S2. The summed E-state index contributed by atoms with van der Waals surface area (Å²) in [5, 5.41) is 3.09. The zero-order valence-corrected chi connectivity index (χ0v) is 16.2. The van der Waals surface area contributed by atoms with Gasteiger partial charge in [0.15, 0.2) is 0 Å². The van der Waals surface area contributed by atoms with Crippen LogP contribution in [0.2, 0.25) is 5.02 Å². The van der Waals surface area contributed by atoms with Gasteiger partial charge in [-0.05, 0) is 47.9 Å². The van der Waals surface area contributed by atoms with Crippen LogP contribution in [0.3, 0.4) is 0 Å². The Balaban J connectivity index is 1.69. The third-order valence-corrected chi connectivity index (χ3v) is 8.05. The summed E-state index contributed by atoms with van der Waals surface area (Å²) in [6, 6.07) is 12.3. The van der Waals surface area contributed by atoms with Crippen molar-refractivity contribution in [2.75, 3.05) is 17.6 Å². The Kier molecular flexibility index (Phi) is 4.73. The summed E-state index contributed by atoms with van der Waals surface area (Å²) in [6.45, 7) is 0.456. The molecule has 0 spiro atoms. The van der Waals surface area contributed by atoms with Gasteiger partial charge in [0, 0.05) is 29.4 Å². The Bertz CT molecular complexity index is 978. The molecule has 1 unspecified atom stereocenters. The highest BCUT2D eigenvalue weighted by molar-refractivity contribution is 8.01. The van der Waals surface area contributed by atoms with Crippen molar-refractivity contribution in [2.24, 2.45) is 0 Å². The quantitative estimate of drug-likeness (QED) is 0.841. The second kappa shape index (κ2) is 6.88. The Labute approximate surface area is 161 Å². The van der Waals surface area contributed by atoms with E-state index >= 15 is 0 Å². The lowest BCUT2D eigenvalue weighted by atomic mass is 10.0. The summed E-state index contributed by atoms with van der Waals surface area (Å²) in [5.41, 5.74) is 2.44. The maximum absolute atomic E-state index is 13.2. The van der Waals surface area contributed by atoms with E-state index in [0.717, 1.165) is 16.9 Å². The minimum absolute atomic E-state index is 0.0370. The lowest BCUT2D eigenvalue weighted by Gasteiger charge is -2.25. The van der Waals surface area contributed by atoms with Gasteiger partial charge >= 0.3 is 0 Å². The number of rotatable bonds is 3. The second-order valence-corrected chi connectivity index (χ2v) is 9.78. The van der Waals surface area contributed by atoms with Crippen LogP contribution in [0.1, 0.15) is 22.9 Å². The van der Waals surface area contributed by atoms with Crippen molar-refractivity contribution in [1.29, 1.82) is 0 Å². The van der Waals surface area contributed by atoms with E-state index in [1.807, 2.05) is 18.2 Å². The Morgan fingerprint density at radius 1 is 1.15 bits per heavy atom. The van der Waals surface area contributed by atoms with Gasteiger partial charge in [0.05, 0.1) is 10.3 Å². The summed E-state index contributed by atoms with van der Waals surface area (Å²) in [5.74, 6) is 0.697. The summed E-state index contributed by atoms with van der Waals surface area (Å²) < 4.78 is 28.0. The smallest absolute Gasteiger partial charge is 0.244 e. The highest BCUT2D eigenvalue weighted by Crippen LogP contribution is 2.42. The van der Waals surface area contributed by atoms with Crippen LogP contribution in [0.25, 0.3) is 0 Å². The number of nitrogens with zero attached hydrogens (tertiary/aromatic N) is 1. The summed E-state index contributed by atoms with van der Waals surface area (Å²) >= 11 is 7.68. The highest BCUT2D eigenvalue weighted by Gasteiger charge is 2.37. The van der Waals surface area contributed by atoms with Crippen LogP contribution in [-0.4, -0.2) is 30.9 Å². The van der Waals surface area contributed by atoms with Crippen molar-refractivity contribution in [3.05, 3.63) is 58.6 Å². The average molecular weight is 409 g/mol. The molecule has 1 amide bonds. The molecule has 0 aliphatic carbocycles. The van der Waals surface area contributed by atoms with Crippen molar-refractivity contribution in [1.82, 2.24) is 4.31 Å². The van der Waals surface area contributed by atoms with E-state index in [1.165, 1.54) is 4.31 Å². The monoisotopic (exact) mass is 408 g/mol. The van der Waals surface area contributed by atoms with Gasteiger partial charge in [-0.3, -0.25) is 4.79 Å². The van der Waals surface area contributed by atoms with Crippen molar-refractivity contribution in [3.63, 3.8) is 0 Å². The first-order chi connectivity index (χ1) is 12.4. The Morgan fingerprint density at radius 3 is 2.81 bits per heavy atom. The van der Waals surface area contributed by atoms with Gasteiger partial charge in [-0.2, -0.15) is 4.31 Å². The van der Waals surface area contributed by atoms with Crippen LogP contribution in [-0.2, 0) is 21.2 Å². The predicted molar refractivity (Wildman–Crippen MR) is 104 cm³/mol. The first-order valence-electron chi connectivity index (χ1n) is 8.27. The summed E-state index contributed by atoms with van der Waals surface area (Å²) in [6.07, 6.45) is 0.929. The van der Waals surface area contributed by atoms with E-state index in [-0.39, 0.29) is 16.2 Å². The number of benzene rings is 2. The molecule has 2 aliphatic heterocycles. The van der Waals surface area contributed by atoms with Gasteiger partial charge in [0.2, 0.25) is 15.9 Å². The molecule has 1 atom stereocenters. The van der Waals surface area contributed by atoms with Crippen LogP contribution in [0, 0.1) is 0 Å². The fourth-order valence-electron chi connectivity index (χ4n) is 3.28. The lowest BCUT2D eigenvalue weighted by Crippen LogP contribution is -2.31. The van der Waals surface area contributed by atoms with Crippen LogP contribution in [0.15, 0.2) is 47.4 Å². The van der Waals surface area contributed by atoms with Gasteiger partial charge in [-0.25, -0.2) is 8.42 Å². The predicted octanol–water partition coefficient (Wildman–Crippen LogP) is 3.66. The molecule has 4 rings (SSSR count). The number of anilines is 1. The average Bonchev–Trinajstić information content (AvgIpc) is 3.12. The van der Waals surface area contributed by atoms with Crippen molar-refractivity contribution in [2.45, 2.75) is 23.1 Å². The van der Waals surface area contributed by atoms with E-state index in [1.54, 1.807) is 36.0 Å². The molecule has 5 nitrogen and oxygen atoms in total. The maximum Gasteiger partial charge on any atom is 0.244 e. The normalized spacial score (nSPS) is 20.7.